The van der Waals surface area contributed by atoms with Crippen LogP contribution < -0.4 is 5.76 Å². The molecule has 0 radical (unpaired) electrons. The van der Waals surface area contributed by atoms with Crippen LogP contribution >= 0.6 is 11.6 Å². The predicted molar refractivity (Wildman–Crippen MR) is 81.2 cm³/mol. The smallest absolute Gasteiger partial charge is 0.407 e. The third kappa shape index (κ3) is 2.39. The predicted octanol–water partition coefficient (Wildman–Crippen LogP) is 2.39. The second-order valence-electron chi connectivity index (χ2n) is 4.47. The maximum Gasteiger partial charge on any atom is 0.434 e. The van der Waals surface area contributed by atoms with E-state index in [9.17, 15) is 23.3 Å². The molecule has 1 heterocycles. The zero-order valence-corrected chi connectivity index (χ0v) is 12.7. The van der Waals surface area contributed by atoms with Gasteiger partial charge in [0.2, 0.25) is 0 Å². The first-order valence-electron chi connectivity index (χ1n) is 6.12. The average molecular weight is 355 g/mol. The number of benzene rings is 2. The highest BCUT2D eigenvalue weighted by Crippen LogP contribution is 2.27. The van der Waals surface area contributed by atoms with Gasteiger partial charge in [-0.3, -0.25) is 10.1 Å². The molecule has 0 saturated heterocycles. The van der Waals surface area contributed by atoms with Crippen molar-refractivity contribution < 1.29 is 17.8 Å². The van der Waals surface area contributed by atoms with Crippen LogP contribution in [0.4, 0.5) is 5.69 Å². The van der Waals surface area contributed by atoms with E-state index in [0.29, 0.717) is 3.97 Å². The number of oxazole rings is 1. The minimum Gasteiger partial charge on any atom is -0.407 e. The summed E-state index contributed by atoms with van der Waals surface area (Å²) >= 11 is 5.82. The van der Waals surface area contributed by atoms with Gasteiger partial charge in [0.15, 0.2) is 10.5 Å². The number of para-hydroxylation sites is 1. The van der Waals surface area contributed by atoms with E-state index in [-0.39, 0.29) is 16.1 Å². The molecule has 0 N–H and O–H groups in total. The van der Waals surface area contributed by atoms with Crippen LogP contribution in [0.25, 0.3) is 11.1 Å². The Hall–Kier alpha value is -2.65. The van der Waals surface area contributed by atoms with E-state index in [0.717, 1.165) is 12.1 Å². The zero-order valence-electron chi connectivity index (χ0n) is 11.2. The molecular weight excluding hydrogens is 348 g/mol. The molecular formula is C13H7ClN2O6S. The number of hydrogen-bond donors (Lipinski definition) is 0. The first-order valence-corrected chi connectivity index (χ1v) is 7.94. The molecule has 3 aromatic rings. The summed E-state index contributed by atoms with van der Waals surface area (Å²) in [4.78, 5) is 21.5. The maximum absolute atomic E-state index is 12.7. The van der Waals surface area contributed by atoms with Crippen molar-refractivity contribution in [3.63, 3.8) is 0 Å². The number of nitrogens with zero attached hydrogens (tertiary/aromatic N) is 2. The summed E-state index contributed by atoms with van der Waals surface area (Å²) in [6.07, 6.45) is 0. The van der Waals surface area contributed by atoms with Crippen LogP contribution in [0.1, 0.15) is 0 Å². The van der Waals surface area contributed by atoms with E-state index in [4.69, 9.17) is 16.0 Å². The van der Waals surface area contributed by atoms with Gasteiger partial charge in [0.05, 0.1) is 4.92 Å². The molecule has 23 heavy (non-hydrogen) atoms. The Kier molecular flexibility index (Phi) is 3.46. The highest BCUT2D eigenvalue weighted by Gasteiger charge is 2.30. The molecule has 1 aromatic heterocycles. The highest BCUT2D eigenvalue weighted by atomic mass is 35.5. The maximum atomic E-state index is 12.7. The van der Waals surface area contributed by atoms with Crippen molar-refractivity contribution >= 4 is 38.4 Å². The molecule has 2 aromatic carbocycles. The molecule has 0 aliphatic heterocycles. The van der Waals surface area contributed by atoms with Crippen LogP contribution in [0.5, 0.6) is 0 Å². The Labute approximate surface area is 133 Å². The monoisotopic (exact) mass is 354 g/mol. The van der Waals surface area contributed by atoms with Gasteiger partial charge in [-0.1, -0.05) is 23.7 Å². The lowest BCUT2D eigenvalue weighted by atomic mass is 10.3. The fourth-order valence-corrected chi connectivity index (χ4v) is 3.78. The number of nitro groups is 1. The van der Waals surface area contributed by atoms with Gasteiger partial charge < -0.3 is 4.42 Å². The Bertz CT molecular complexity index is 1100. The second kappa shape index (κ2) is 5.21. The Morgan fingerprint density at radius 1 is 1.17 bits per heavy atom. The Balaban J connectivity index is 2.39. The molecule has 0 spiro atoms. The molecule has 0 aliphatic rings. The largest absolute Gasteiger partial charge is 0.434 e. The van der Waals surface area contributed by atoms with Gasteiger partial charge in [-0.25, -0.2) is 13.2 Å². The number of aromatic nitrogens is 1. The van der Waals surface area contributed by atoms with Crippen LogP contribution in [0, 0.1) is 10.1 Å². The fourth-order valence-electron chi connectivity index (χ4n) is 2.12. The number of halogens is 1. The van der Waals surface area contributed by atoms with Crippen molar-refractivity contribution in [2.75, 3.05) is 0 Å². The summed E-state index contributed by atoms with van der Waals surface area (Å²) in [5.41, 5.74) is -0.738. The number of nitro benzene ring substituents is 1. The fraction of sp³-hybridized carbons (Fsp3) is 0. The Morgan fingerprint density at radius 2 is 1.87 bits per heavy atom. The molecule has 118 valence electrons. The molecule has 0 bridgehead atoms. The number of fused-ring (bicyclic) bond motifs is 1. The highest BCUT2D eigenvalue weighted by molar-refractivity contribution is 7.90. The van der Waals surface area contributed by atoms with Crippen LogP contribution in [0.2, 0.25) is 5.02 Å². The van der Waals surface area contributed by atoms with Crippen LogP contribution in [0.3, 0.4) is 0 Å². The van der Waals surface area contributed by atoms with Crippen LogP contribution in [0.15, 0.2) is 56.6 Å². The summed E-state index contributed by atoms with van der Waals surface area (Å²) in [7, 11) is -4.54. The van der Waals surface area contributed by atoms with Gasteiger partial charge >= 0.3 is 5.76 Å². The van der Waals surface area contributed by atoms with Gasteiger partial charge in [0, 0.05) is 11.1 Å². The van der Waals surface area contributed by atoms with Gasteiger partial charge in [0.25, 0.3) is 15.7 Å². The molecule has 0 amide bonds. The topological polar surface area (TPSA) is 112 Å². The lowest BCUT2D eigenvalue weighted by Gasteiger charge is -2.05. The van der Waals surface area contributed by atoms with Crippen molar-refractivity contribution in [1.82, 2.24) is 3.97 Å². The van der Waals surface area contributed by atoms with Crippen molar-refractivity contribution in [3.05, 3.63) is 68.2 Å². The first kappa shape index (κ1) is 15.3. The summed E-state index contributed by atoms with van der Waals surface area (Å²) < 4.78 is 30.7. The van der Waals surface area contributed by atoms with E-state index >= 15 is 0 Å². The molecule has 3 rings (SSSR count). The molecule has 0 fully saturated rings. The van der Waals surface area contributed by atoms with Gasteiger partial charge in [-0.05, 0) is 24.3 Å². The SMILES string of the molecule is O=c1oc2ccc(Cl)cc2n1S(=O)(=O)c1ccccc1[N+](=O)[O-]. The molecule has 0 unspecified atom stereocenters. The second-order valence-corrected chi connectivity index (χ2v) is 6.67. The van der Waals surface area contributed by atoms with Crippen LogP contribution in [-0.4, -0.2) is 17.3 Å². The first-order chi connectivity index (χ1) is 10.8. The van der Waals surface area contributed by atoms with E-state index in [1.54, 1.807) is 0 Å². The Morgan fingerprint density at radius 3 is 2.57 bits per heavy atom. The van der Waals surface area contributed by atoms with Crippen LogP contribution in [-0.2, 0) is 10.0 Å². The normalized spacial score (nSPS) is 11.7. The van der Waals surface area contributed by atoms with Crippen molar-refractivity contribution in [1.29, 1.82) is 0 Å². The minimum absolute atomic E-state index is 0.00144. The third-order valence-electron chi connectivity index (χ3n) is 3.08. The van der Waals surface area contributed by atoms with Gasteiger partial charge in [-0.15, -0.1) is 0 Å². The third-order valence-corrected chi connectivity index (χ3v) is 5.05. The van der Waals surface area contributed by atoms with Gasteiger partial charge in [0.1, 0.15) is 5.52 Å². The van der Waals surface area contributed by atoms with Gasteiger partial charge in [-0.2, -0.15) is 3.97 Å². The summed E-state index contributed by atoms with van der Waals surface area (Å²) in [6, 6.07) is 8.72. The number of hydrogen-bond acceptors (Lipinski definition) is 6. The van der Waals surface area contributed by atoms with E-state index in [2.05, 4.69) is 0 Å². The minimum atomic E-state index is -4.54. The number of rotatable bonds is 3. The lowest BCUT2D eigenvalue weighted by Crippen LogP contribution is -2.24. The standard InChI is InChI=1S/C13H7ClN2O6S/c14-8-5-6-11-10(7-8)15(13(17)22-11)23(20,21)12-4-2-1-3-9(12)16(18)19/h1-7H. The average Bonchev–Trinajstić information content (AvgIpc) is 2.83. The van der Waals surface area contributed by atoms with E-state index in [1.807, 2.05) is 0 Å². The summed E-state index contributed by atoms with van der Waals surface area (Å²) in [5.74, 6) is -1.18. The molecule has 0 saturated carbocycles. The summed E-state index contributed by atoms with van der Waals surface area (Å²) in [5, 5.41) is 11.2. The molecule has 0 atom stereocenters. The molecule has 0 aliphatic carbocycles. The quantitative estimate of drug-likeness (QED) is 0.527. The zero-order chi connectivity index (χ0) is 16.8. The molecule has 8 nitrogen and oxygen atoms in total. The van der Waals surface area contributed by atoms with Crippen molar-refractivity contribution in [2.24, 2.45) is 0 Å². The van der Waals surface area contributed by atoms with Crippen molar-refractivity contribution in [3.8, 4) is 0 Å². The van der Waals surface area contributed by atoms with Crippen molar-refractivity contribution in [2.45, 2.75) is 4.90 Å². The van der Waals surface area contributed by atoms with E-state index < -0.39 is 31.3 Å². The molecule has 10 heteroatoms. The van der Waals surface area contributed by atoms with E-state index in [1.165, 1.54) is 30.3 Å². The summed E-state index contributed by atoms with van der Waals surface area (Å²) in [6.45, 7) is 0. The lowest BCUT2D eigenvalue weighted by molar-refractivity contribution is -0.387.